The van der Waals surface area contributed by atoms with Gasteiger partial charge in [-0.25, -0.2) is 26.0 Å². The van der Waals surface area contributed by atoms with Crippen LogP contribution in [0.25, 0.3) is 0 Å². The normalized spacial score (nSPS) is 18.6. The van der Waals surface area contributed by atoms with Gasteiger partial charge in [-0.3, -0.25) is 0 Å². The molecule has 0 amide bonds. The number of aliphatic hydroxyl groups excluding tert-OH is 1. The fourth-order valence-corrected chi connectivity index (χ4v) is 3.79. The number of ether oxygens (including phenoxy) is 1. The molecule has 0 saturated heterocycles. The van der Waals surface area contributed by atoms with Gasteiger partial charge < -0.3 is 9.84 Å². The Morgan fingerprint density at radius 2 is 1.70 bits per heavy atom. The zero-order chi connectivity index (χ0) is 20.1. The zero-order valence-electron chi connectivity index (χ0n) is 13.1. The molecule has 2 aromatic carbocycles. The van der Waals surface area contributed by atoms with Crippen LogP contribution in [0, 0.1) is 11.6 Å². The second kappa shape index (κ2) is 6.41. The maximum absolute atomic E-state index is 13.9. The lowest BCUT2D eigenvalue weighted by atomic mass is 10.1. The van der Waals surface area contributed by atoms with E-state index >= 15 is 0 Å². The van der Waals surface area contributed by atoms with Crippen molar-refractivity contribution in [2.75, 3.05) is 0 Å². The lowest BCUT2D eigenvalue weighted by molar-refractivity contribution is -0.0976. The second-order valence-corrected chi connectivity index (χ2v) is 7.69. The van der Waals surface area contributed by atoms with E-state index in [2.05, 4.69) is 0 Å². The molecule has 27 heavy (non-hydrogen) atoms. The molecule has 0 bridgehead atoms. The minimum Gasteiger partial charge on any atom is -0.457 e. The summed E-state index contributed by atoms with van der Waals surface area (Å²) in [4.78, 5) is -1.16. The van der Waals surface area contributed by atoms with Gasteiger partial charge in [-0.2, -0.15) is 8.78 Å². The van der Waals surface area contributed by atoms with E-state index < -0.39 is 73.2 Å². The summed E-state index contributed by atoms with van der Waals surface area (Å²) in [5, 5.41) is 9.78. The number of fused-ring (bicyclic) bond motifs is 1. The number of hydrogen-bond acceptors (Lipinski definition) is 4. The Hall–Kier alpha value is -2.27. The standard InChI is InChI=1S/C16H10F6O4S/c17-7-3-8(18)5-9(4-7)26-11-1-2-12(27(24,25)15(19)20)13-10(11)6-16(21,22)14(13)23/h1-5,14-15,23H,6H2. The van der Waals surface area contributed by atoms with Crippen LogP contribution in [-0.2, 0) is 16.3 Å². The highest BCUT2D eigenvalue weighted by Crippen LogP contribution is 2.50. The molecule has 1 unspecified atom stereocenters. The third-order valence-electron chi connectivity index (χ3n) is 3.97. The number of hydrogen-bond donors (Lipinski definition) is 1. The van der Waals surface area contributed by atoms with Gasteiger partial charge in [0, 0.05) is 35.7 Å². The summed E-state index contributed by atoms with van der Waals surface area (Å²) in [6.07, 6.45) is -3.87. The third-order valence-corrected chi connectivity index (χ3v) is 5.40. The van der Waals surface area contributed by atoms with Crippen LogP contribution in [0.3, 0.4) is 0 Å². The minimum atomic E-state index is -5.29. The highest BCUT2D eigenvalue weighted by atomic mass is 32.2. The van der Waals surface area contributed by atoms with Gasteiger partial charge in [-0.1, -0.05) is 0 Å². The van der Waals surface area contributed by atoms with E-state index in [-0.39, 0.29) is 0 Å². The van der Waals surface area contributed by atoms with Crippen LogP contribution in [0.5, 0.6) is 11.5 Å². The molecule has 4 nitrogen and oxygen atoms in total. The second-order valence-electron chi connectivity index (χ2n) is 5.81. The number of aliphatic hydroxyl groups is 1. The molecule has 0 aliphatic heterocycles. The Bertz CT molecular complexity index is 986. The number of sulfone groups is 1. The Morgan fingerprint density at radius 1 is 1.11 bits per heavy atom. The van der Waals surface area contributed by atoms with Gasteiger partial charge >= 0.3 is 5.76 Å². The van der Waals surface area contributed by atoms with E-state index in [0.717, 1.165) is 18.2 Å². The predicted octanol–water partition coefficient (Wildman–Crippen LogP) is 3.98. The Labute approximate surface area is 148 Å². The van der Waals surface area contributed by atoms with Crippen LogP contribution in [0.1, 0.15) is 17.2 Å². The number of benzene rings is 2. The van der Waals surface area contributed by atoms with Gasteiger partial charge in [-0.05, 0) is 12.1 Å². The van der Waals surface area contributed by atoms with Crippen molar-refractivity contribution >= 4 is 9.84 Å². The zero-order valence-corrected chi connectivity index (χ0v) is 13.9. The van der Waals surface area contributed by atoms with Crippen LogP contribution < -0.4 is 4.74 Å². The monoisotopic (exact) mass is 412 g/mol. The van der Waals surface area contributed by atoms with Crippen molar-refractivity contribution < 1.29 is 44.6 Å². The Morgan fingerprint density at radius 3 is 2.26 bits per heavy atom. The molecule has 0 spiro atoms. The van der Waals surface area contributed by atoms with Gasteiger partial charge in [0.15, 0.2) is 0 Å². The average molecular weight is 412 g/mol. The Balaban J connectivity index is 2.17. The summed E-state index contributed by atoms with van der Waals surface area (Å²) in [5.74, 6) is -10.7. The highest BCUT2D eigenvalue weighted by Gasteiger charge is 2.51. The van der Waals surface area contributed by atoms with Crippen LogP contribution in [0.2, 0.25) is 0 Å². The lowest BCUT2D eigenvalue weighted by Crippen LogP contribution is -2.23. The van der Waals surface area contributed by atoms with Gasteiger partial charge in [0.05, 0.1) is 4.90 Å². The van der Waals surface area contributed by atoms with Crippen LogP contribution in [-0.4, -0.2) is 25.2 Å². The van der Waals surface area contributed by atoms with Crippen LogP contribution in [0.15, 0.2) is 35.2 Å². The van der Waals surface area contributed by atoms with Crippen molar-refractivity contribution in [1.29, 1.82) is 0 Å². The first kappa shape index (κ1) is 19.5. The molecule has 146 valence electrons. The minimum absolute atomic E-state index is 0.427. The van der Waals surface area contributed by atoms with E-state index in [1.807, 2.05) is 0 Å². The van der Waals surface area contributed by atoms with Gasteiger partial charge in [0.25, 0.3) is 5.92 Å². The van der Waals surface area contributed by atoms with E-state index in [0.29, 0.717) is 12.1 Å². The molecule has 0 saturated carbocycles. The first-order chi connectivity index (χ1) is 12.4. The molecule has 1 atom stereocenters. The lowest BCUT2D eigenvalue weighted by Gasteiger charge is -2.16. The van der Waals surface area contributed by atoms with E-state index in [1.54, 1.807) is 0 Å². The summed E-state index contributed by atoms with van der Waals surface area (Å²) in [6, 6.07) is 3.40. The average Bonchev–Trinajstić information content (AvgIpc) is 2.77. The molecule has 1 aliphatic carbocycles. The Kier molecular flexibility index (Phi) is 4.63. The summed E-state index contributed by atoms with van der Waals surface area (Å²) in [5.41, 5.74) is -1.46. The van der Waals surface area contributed by atoms with Gasteiger partial charge in [0.1, 0.15) is 29.2 Å². The fraction of sp³-hybridized carbons (Fsp3) is 0.250. The number of alkyl halides is 4. The molecule has 0 fully saturated rings. The van der Waals surface area contributed by atoms with Crippen molar-refractivity contribution in [2.45, 2.75) is 29.1 Å². The largest absolute Gasteiger partial charge is 0.457 e. The van der Waals surface area contributed by atoms with E-state index in [9.17, 15) is 39.9 Å². The molecule has 11 heteroatoms. The molecule has 3 rings (SSSR count). The van der Waals surface area contributed by atoms with Crippen LogP contribution in [0.4, 0.5) is 26.3 Å². The number of halogens is 6. The summed E-state index contributed by atoms with van der Waals surface area (Å²) >= 11 is 0. The van der Waals surface area contributed by atoms with Crippen LogP contribution >= 0.6 is 0 Å². The quantitative estimate of drug-likeness (QED) is 0.772. The summed E-state index contributed by atoms with van der Waals surface area (Å²) in [6.45, 7) is 0. The van der Waals surface area contributed by atoms with Crippen molar-refractivity contribution in [2.24, 2.45) is 0 Å². The molecule has 1 aliphatic rings. The van der Waals surface area contributed by atoms with Crippen molar-refractivity contribution in [3.63, 3.8) is 0 Å². The molecule has 0 aromatic heterocycles. The molecular formula is C16H10F6O4S. The van der Waals surface area contributed by atoms with E-state index in [4.69, 9.17) is 4.74 Å². The molecule has 1 N–H and O–H groups in total. The first-order valence-corrected chi connectivity index (χ1v) is 8.86. The molecule has 0 heterocycles. The van der Waals surface area contributed by atoms with Crippen molar-refractivity contribution in [3.05, 3.63) is 53.1 Å². The topological polar surface area (TPSA) is 63.6 Å². The molecule has 0 radical (unpaired) electrons. The maximum Gasteiger partial charge on any atom is 0.341 e. The highest BCUT2D eigenvalue weighted by molar-refractivity contribution is 7.91. The number of rotatable bonds is 4. The summed E-state index contributed by atoms with van der Waals surface area (Å²) in [7, 11) is -5.29. The van der Waals surface area contributed by atoms with Gasteiger partial charge in [-0.15, -0.1) is 0 Å². The molecule has 2 aromatic rings. The van der Waals surface area contributed by atoms with E-state index in [1.165, 1.54) is 0 Å². The van der Waals surface area contributed by atoms with Gasteiger partial charge in [0.2, 0.25) is 9.84 Å². The first-order valence-electron chi connectivity index (χ1n) is 7.31. The summed E-state index contributed by atoms with van der Waals surface area (Å²) < 4.78 is 109. The van der Waals surface area contributed by atoms with Crippen molar-refractivity contribution in [3.8, 4) is 11.5 Å². The SMILES string of the molecule is O=S(=O)(c1ccc(Oc2cc(F)cc(F)c2)c2c1C(O)C(F)(F)C2)C(F)F. The predicted molar refractivity (Wildman–Crippen MR) is 79.7 cm³/mol. The maximum atomic E-state index is 13.9. The molecular weight excluding hydrogens is 402 g/mol. The fourth-order valence-electron chi connectivity index (χ4n) is 2.80. The smallest absolute Gasteiger partial charge is 0.341 e. The van der Waals surface area contributed by atoms with Crippen molar-refractivity contribution in [1.82, 2.24) is 0 Å². The third kappa shape index (κ3) is 3.36.